The molecule has 9 heteroatoms. The van der Waals surface area contributed by atoms with Gasteiger partial charge in [-0.2, -0.15) is 0 Å². The highest BCUT2D eigenvalue weighted by Crippen LogP contribution is 2.42. The quantitative estimate of drug-likeness (QED) is 0.264. The first kappa shape index (κ1) is 19.7. The molecule has 0 saturated heterocycles. The fraction of sp³-hybridized carbons (Fsp3) is 0.500. The Morgan fingerprint density at radius 3 is 2.48 bits per heavy atom. The molecule has 2 rings (SSSR count). The molecule has 23 heavy (non-hydrogen) atoms. The van der Waals surface area contributed by atoms with E-state index in [-0.39, 0.29) is 0 Å². The number of nitrogens with one attached hydrogen (secondary N) is 2. The molecule has 5 nitrogen and oxygen atoms in total. The van der Waals surface area contributed by atoms with Gasteiger partial charge in [0.05, 0.1) is 21.1 Å². The topological polar surface area (TPSA) is 53.2 Å². The summed E-state index contributed by atoms with van der Waals surface area (Å²) in [5.74, 6) is 0.769. The Balaban J connectivity index is 1.97. The molecule has 0 aliphatic heterocycles. The van der Waals surface area contributed by atoms with Crippen molar-refractivity contribution in [3.8, 4) is 0 Å². The molecule has 0 unspecified atom stereocenters. The van der Waals surface area contributed by atoms with Gasteiger partial charge in [0.2, 0.25) is 5.95 Å². The van der Waals surface area contributed by atoms with Crippen LogP contribution in [0.1, 0.15) is 6.42 Å². The van der Waals surface area contributed by atoms with E-state index in [9.17, 15) is 0 Å². The molecule has 0 aliphatic carbocycles. The third-order valence-electron chi connectivity index (χ3n) is 3.40. The number of anilines is 1. The van der Waals surface area contributed by atoms with Crippen LogP contribution in [0.4, 0.5) is 5.95 Å². The smallest absolute Gasteiger partial charge is 0.201 e. The molecule has 0 spiro atoms. The summed E-state index contributed by atoms with van der Waals surface area (Å²) >= 11 is 14.3. The third-order valence-corrected chi connectivity index (χ3v) is 8.14. The number of imidazole rings is 1. The molecular weight excluding hydrogens is 560 g/mol. The second-order valence-corrected chi connectivity index (χ2v) is 8.31. The summed E-state index contributed by atoms with van der Waals surface area (Å²) in [5.41, 5.74) is 1.83. The average molecular weight is 578 g/mol. The second kappa shape index (κ2) is 9.15. The lowest BCUT2D eigenvalue weighted by molar-refractivity contribution is 0.161. The number of likely N-dealkylation sites (N-methyl/N-ethyl adjacent to an activating group) is 1. The number of rotatable bonds is 8. The number of methoxy groups -OCH3 is 1. The van der Waals surface area contributed by atoms with Crippen LogP contribution in [0, 0.1) is 0 Å². The van der Waals surface area contributed by atoms with Crippen LogP contribution >= 0.6 is 63.7 Å². The summed E-state index contributed by atoms with van der Waals surface area (Å²) in [4.78, 5) is 10.2. The van der Waals surface area contributed by atoms with Crippen LogP contribution in [0.25, 0.3) is 11.0 Å². The van der Waals surface area contributed by atoms with E-state index in [1.54, 1.807) is 7.11 Å². The van der Waals surface area contributed by atoms with Crippen molar-refractivity contribution in [3.05, 3.63) is 17.9 Å². The number of aromatic nitrogens is 2. The highest BCUT2D eigenvalue weighted by atomic mass is 79.9. The first-order valence-corrected chi connectivity index (χ1v) is 10.3. The summed E-state index contributed by atoms with van der Waals surface area (Å²) in [6, 6.07) is 0. The summed E-state index contributed by atoms with van der Waals surface area (Å²) in [6.45, 7) is 3.58. The highest BCUT2D eigenvalue weighted by molar-refractivity contribution is 9.15. The molecule has 0 bridgehead atoms. The number of hydrogen-bond acceptors (Lipinski definition) is 4. The predicted molar refractivity (Wildman–Crippen MR) is 109 cm³/mol. The second-order valence-electron chi connectivity index (χ2n) is 5.14. The van der Waals surface area contributed by atoms with Crippen LogP contribution in [0.3, 0.4) is 0 Å². The molecule has 128 valence electrons. The molecular formula is C14H18Br4N4O. The molecule has 0 radical (unpaired) electrons. The van der Waals surface area contributed by atoms with Crippen LogP contribution in [0.2, 0.25) is 0 Å². The Bertz CT molecular complexity index is 632. The monoisotopic (exact) mass is 574 g/mol. The van der Waals surface area contributed by atoms with Crippen LogP contribution in [-0.4, -0.2) is 55.3 Å². The first-order chi connectivity index (χ1) is 11.0. The Morgan fingerprint density at radius 1 is 1.09 bits per heavy atom. The maximum absolute atomic E-state index is 5.07. The number of ether oxygens (including phenoxy) is 1. The van der Waals surface area contributed by atoms with Gasteiger partial charge in [-0.25, -0.2) is 4.98 Å². The number of aromatic amines is 1. The van der Waals surface area contributed by atoms with E-state index >= 15 is 0 Å². The number of benzene rings is 1. The lowest BCUT2D eigenvalue weighted by atomic mass is 10.3. The first-order valence-electron chi connectivity index (χ1n) is 7.08. The molecule has 2 aromatic rings. The Kier molecular flexibility index (Phi) is 7.81. The summed E-state index contributed by atoms with van der Waals surface area (Å²) in [5, 5.41) is 3.34. The number of halogens is 4. The van der Waals surface area contributed by atoms with Gasteiger partial charge in [-0.05, 0) is 83.7 Å². The van der Waals surface area contributed by atoms with Crippen molar-refractivity contribution in [1.82, 2.24) is 14.9 Å². The number of hydrogen-bond donors (Lipinski definition) is 2. The molecule has 1 heterocycles. The van der Waals surface area contributed by atoms with Crippen molar-refractivity contribution in [2.24, 2.45) is 0 Å². The molecule has 0 atom stereocenters. The lowest BCUT2D eigenvalue weighted by Crippen LogP contribution is -2.25. The lowest BCUT2D eigenvalue weighted by Gasteiger charge is -2.15. The maximum Gasteiger partial charge on any atom is 0.201 e. The van der Waals surface area contributed by atoms with E-state index in [1.165, 1.54) is 0 Å². The van der Waals surface area contributed by atoms with Gasteiger partial charge >= 0.3 is 0 Å². The summed E-state index contributed by atoms with van der Waals surface area (Å²) in [6.07, 6.45) is 1.03. The van der Waals surface area contributed by atoms with Crippen molar-refractivity contribution in [2.45, 2.75) is 6.42 Å². The normalized spacial score (nSPS) is 11.6. The highest BCUT2D eigenvalue weighted by Gasteiger charge is 2.17. The van der Waals surface area contributed by atoms with E-state index in [1.807, 2.05) is 0 Å². The minimum absolute atomic E-state index is 0.763. The fourth-order valence-corrected chi connectivity index (χ4v) is 4.38. The van der Waals surface area contributed by atoms with Crippen molar-refractivity contribution in [3.63, 3.8) is 0 Å². The van der Waals surface area contributed by atoms with E-state index < -0.39 is 0 Å². The van der Waals surface area contributed by atoms with Gasteiger partial charge in [0, 0.05) is 29.1 Å². The van der Waals surface area contributed by atoms with E-state index in [0.29, 0.717) is 0 Å². The Morgan fingerprint density at radius 2 is 1.78 bits per heavy atom. The van der Waals surface area contributed by atoms with Crippen molar-refractivity contribution in [2.75, 3.05) is 45.7 Å². The molecule has 0 amide bonds. The zero-order valence-electron chi connectivity index (χ0n) is 12.9. The number of nitrogens with zero attached hydrogens (tertiary/aromatic N) is 2. The standard InChI is InChI=1S/C14H18Br4N4O/c1-22(6-7-23-2)5-3-4-19-14-20-12-10(17)8(15)9(16)11(18)13(12)21-14/h3-7H2,1-2H3,(H2,19,20,21). The largest absolute Gasteiger partial charge is 0.383 e. The molecule has 1 aromatic carbocycles. The zero-order valence-corrected chi connectivity index (χ0v) is 19.2. The number of fused-ring (bicyclic) bond motifs is 1. The minimum atomic E-state index is 0.763. The van der Waals surface area contributed by atoms with Gasteiger partial charge in [-0.1, -0.05) is 0 Å². The van der Waals surface area contributed by atoms with Gasteiger partial charge in [0.25, 0.3) is 0 Å². The van der Waals surface area contributed by atoms with E-state index in [2.05, 4.69) is 91.0 Å². The summed E-state index contributed by atoms with van der Waals surface area (Å²) < 4.78 is 8.83. The predicted octanol–water partition coefficient (Wildman–Crippen LogP) is 4.99. The Labute approximate surface area is 169 Å². The molecule has 0 fully saturated rings. The average Bonchev–Trinajstić information content (AvgIpc) is 2.97. The maximum atomic E-state index is 5.07. The molecule has 1 aromatic heterocycles. The molecule has 0 saturated carbocycles. The van der Waals surface area contributed by atoms with E-state index in [4.69, 9.17) is 4.74 Å². The Hall–Kier alpha value is 0.330. The fourth-order valence-electron chi connectivity index (χ4n) is 2.10. The minimum Gasteiger partial charge on any atom is -0.383 e. The SMILES string of the molecule is COCCN(C)CCCNc1nc2c(Br)c(Br)c(Br)c(Br)c2[nH]1. The van der Waals surface area contributed by atoms with Crippen LogP contribution in [0.5, 0.6) is 0 Å². The molecule has 0 aliphatic rings. The van der Waals surface area contributed by atoms with Crippen LogP contribution < -0.4 is 5.32 Å². The van der Waals surface area contributed by atoms with Gasteiger partial charge in [-0.3, -0.25) is 0 Å². The van der Waals surface area contributed by atoms with Crippen molar-refractivity contribution in [1.29, 1.82) is 0 Å². The zero-order chi connectivity index (χ0) is 17.0. The third kappa shape index (κ3) is 4.92. The van der Waals surface area contributed by atoms with Crippen molar-refractivity contribution < 1.29 is 4.74 Å². The van der Waals surface area contributed by atoms with Gasteiger partial charge in [0.15, 0.2) is 0 Å². The van der Waals surface area contributed by atoms with Crippen molar-refractivity contribution >= 4 is 80.7 Å². The summed E-state index contributed by atoms with van der Waals surface area (Å²) in [7, 11) is 3.83. The van der Waals surface area contributed by atoms with Crippen LogP contribution in [-0.2, 0) is 4.74 Å². The molecule has 2 N–H and O–H groups in total. The van der Waals surface area contributed by atoms with Gasteiger partial charge in [-0.15, -0.1) is 0 Å². The van der Waals surface area contributed by atoms with E-state index in [0.717, 1.165) is 67.5 Å². The van der Waals surface area contributed by atoms with Crippen LogP contribution in [0.15, 0.2) is 17.9 Å². The van der Waals surface area contributed by atoms with Gasteiger partial charge in [0.1, 0.15) is 5.52 Å². The van der Waals surface area contributed by atoms with Gasteiger partial charge < -0.3 is 19.9 Å². The number of H-pyrrole nitrogens is 1.